The molecule has 0 spiro atoms. The number of aromatic nitrogens is 2. The van der Waals surface area contributed by atoms with Crippen LogP contribution in [0.5, 0.6) is 0 Å². The van der Waals surface area contributed by atoms with Crippen molar-refractivity contribution in [3.05, 3.63) is 33.2 Å². The van der Waals surface area contributed by atoms with E-state index in [1.54, 1.807) is 12.1 Å². The summed E-state index contributed by atoms with van der Waals surface area (Å²) in [7, 11) is 0. The van der Waals surface area contributed by atoms with Crippen LogP contribution in [0, 0.1) is 11.3 Å². The predicted molar refractivity (Wildman–Crippen MR) is 104 cm³/mol. The number of benzene rings is 1. The topological polar surface area (TPSA) is 64.8 Å². The van der Waals surface area contributed by atoms with Gasteiger partial charge in [-0.2, -0.15) is 5.26 Å². The number of H-pyrrole nitrogens is 1. The van der Waals surface area contributed by atoms with E-state index in [-0.39, 0.29) is 11.7 Å². The first-order valence-corrected chi connectivity index (χ1v) is 9.98. The van der Waals surface area contributed by atoms with Gasteiger partial charge in [-0.05, 0) is 44.7 Å². The first kappa shape index (κ1) is 17.6. The zero-order valence-electron chi connectivity index (χ0n) is 15.2. The van der Waals surface area contributed by atoms with E-state index in [0.29, 0.717) is 21.6 Å². The molecule has 0 radical (unpaired) electrons. The van der Waals surface area contributed by atoms with Crippen LogP contribution in [0.2, 0.25) is 5.02 Å². The first-order chi connectivity index (χ1) is 12.5. The van der Waals surface area contributed by atoms with Crippen LogP contribution in [0.3, 0.4) is 0 Å². The number of likely N-dealkylation sites (tertiary alicyclic amines) is 1. The summed E-state index contributed by atoms with van der Waals surface area (Å²) in [4.78, 5) is 18.1. The van der Waals surface area contributed by atoms with Crippen LogP contribution in [-0.2, 0) is 0 Å². The lowest BCUT2D eigenvalue weighted by atomic mass is 9.80. The van der Waals surface area contributed by atoms with Crippen molar-refractivity contribution >= 4 is 22.6 Å². The average Bonchev–Trinajstić information content (AvgIpc) is 2.96. The number of fused-ring (bicyclic) bond motifs is 1. The van der Waals surface area contributed by atoms with Gasteiger partial charge in [0, 0.05) is 24.7 Å². The molecule has 1 N–H and O–H groups in total. The van der Waals surface area contributed by atoms with Crippen LogP contribution in [0.15, 0.2) is 16.9 Å². The van der Waals surface area contributed by atoms with Gasteiger partial charge in [0.25, 0.3) is 0 Å². The van der Waals surface area contributed by atoms with E-state index in [2.05, 4.69) is 22.9 Å². The summed E-state index contributed by atoms with van der Waals surface area (Å²) in [5.41, 5.74) is 2.14. The van der Waals surface area contributed by atoms with Crippen LogP contribution in [0.4, 0.5) is 0 Å². The highest BCUT2D eigenvalue weighted by molar-refractivity contribution is 6.32. The second-order valence-corrected chi connectivity index (χ2v) is 8.44. The van der Waals surface area contributed by atoms with Gasteiger partial charge >= 0.3 is 5.69 Å². The van der Waals surface area contributed by atoms with E-state index in [1.165, 1.54) is 32.1 Å². The lowest BCUT2D eigenvalue weighted by molar-refractivity contribution is 0.0360. The molecular weight excluding hydrogens is 348 g/mol. The highest BCUT2D eigenvalue weighted by Gasteiger charge is 2.36. The highest BCUT2D eigenvalue weighted by atomic mass is 35.5. The van der Waals surface area contributed by atoms with Crippen molar-refractivity contribution in [2.45, 2.75) is 63.5 Å². The van der Waals surface area contributed by atoms with Crippen LogP contribution < -0.4 is 5.69 Å². The second-order valence-electron chi connectivity index (χ2n) is 8.04. The maximum Gasteiger partial charge on any atom is 0.326 e. The Hall–Kier alpha value is -1.77. The Kier molecular flexibility index (Phi) is 4.58. The van der Waals surface area contributed by atoms with Crippen molar-refractivity contribution in [3.8, 4) is 6.07 Å². The van der Waals surface area contributed by atoms with E-state index < -0.39 is 0 Å². The SMILES string of the molecule is CC1(N2CCC(n3c(=O)[nH]c4cc(Cl)c(C#N)cc43)CC2)CCCCC1. The second kappa shape index (κ2) is 6.75. The lowest BCUT2D eigenvalue weighted by Crippen LogP contribution is -2.51. The molecule has 1 saturated heterocycles. The normalized spacial score (nSPS) is 21.7. The Morgan fingerprint density at radius 1 is 1.23 bits per heavy atom. The monoisotopic (exact) mass is 372 g/mol. The van der Waals surface area contributed by atoms with Gasteiger partial charge in [-0.3, -0.25) is 9.47 Å². The van der Waals surface area contributed by atoms with Crippen molar-refractivity contribution in [1.82, 2.24) is 14.5 Å². The Labute approximate surface area is 158 Å². The molecule has 4 rings (SSSR count). The van der Waals surface area contributed by atoms with E-state index in [0.717, 1.165) is 31.4 Å². The largest absolute Gasteiger partial charge is 0.326 e. The van der Waals surface area contributed by atoms with E-state index in [9.17, 15) is 10.1 Å². The van der Waals surface area contributed by atoms with Gasteiger partial charge in [0.2, 0.25) is 0 Å². The van der Waals surface area contributed by atoms with Gasteiger partial charge in [0.05, 0.1) is 21.6 Å². The van der Waals surface area contributed by atoms with Gasteiger partial charge in [-0.15, -0.1) is 0 Å². The predicted octanol–water partition coefficient (Wildman–Crippen LogP) is 4.21. The number of halogens is 1. The number of piperidine rings is 1. The maximum atomic E-state index is 12.6. The molecule has 0 unspecified atom stereocenters. The molecule has 0 atom stereocenters. The fourth-order valence-corrected chi connectivity index (χ4v) is 5.09. The van der Waals surface area contributed by atoms with Crippen LogP contribution in [0.25, 0.3) is 11.0 Å². The number of nitriles is 1. The fourth-order valence-electron chi connectivity index (χ4n) is 4.89. The number of nitrogens with one attached hydrogen (secondary N) is 1. The summed E-state index contributed by atoms with van der Waals surface area (Å²) < 4.78 is 1.84. The molecule has 26 heavy (non-hydrogen) atoms. The summed E-state index contributed by atoms with van der Waals surface area (Å²) in [6.45, 7) is 4.46. The minimum Gasteiger partial charge on any atom is -0.305 e. The summed E-state index contributed by atoms with van der Waals surface area (Å²) in [6, 6.07) is 5.71. The van der Waals surface area contributed by atoms with Crippen molar-refractivity contribution in [2.24, 2.45) is 0 Å². The van der Waals surface area contributed by atoms with Crippen molar-refractivity contribution < 1.29 is 0 Å². The molecule has 0 amide bonds. The third kappa shape index (κ3) is 2.95. The van der Waals surface area contributed by atoms with Gasteiger partial charge in [-0.25, -0.2) is 4.79 Å². The first-order valence-electron chi connectivity index (χ1n) is 9.61. The molecule has 1 aromatic carbocycles. The number of hydrogen-bond donors (Lipinski definition) is 1. The van der Waals surface area contributed by atoms with Crippen LogP contribution >= 0.6 is 11.6 Å². The number of aromatic amines is 1. The standard InChI is InChI=1S/C20H25ClN4O/c1-20(7-3-2-4-8-20)24-9-5-15(6-10-24)25-18-11-14(13-22)16(21)12-17(18)23-19(25)26/h11-12,15H,2-10H2,1H3,(H,23,26). The molecule has 0 bridgehead atoms. The van der Waals surface area contributed by atoms with Gasteiger partial charge < -0.3 is 4.98 Å². The Morgan fingerprint density at radius 2 is 1.92 bits per heavy atom. The molecule has 1 aliphatic carbocycles. The van der Waals surface area contributed by atoms with Gasteiger partial charge in [0.1, 0.15) is 6.07 Å². The summed E-state index contributed by atoms with van der Waals surface area (Å²) in [6.07, 6.45) is 8.52. The zero-order chi connectivity index (χ0) is 18.3. The molecule has 1 aromatic heterocycles. The minimum atomic E-state index is -0.103. The van der Waals surface area contributed by atoms with Crippen LogP contribution in [-0.4, -0.2) is 33.1 Å². The quantitative estimate of drug-likeness (QED) is 0.858. The molecule has 5 nitrogen and oxygen atoms in total. The number of nitrogens with zero attached hydrogens (tertiary/aromatic N) is 3. The van der Waals surface area contributed by atoms with Crippen molar-refractivity contribution in [1.29, 1.82) is 5.26 Å². The average molecular weight is 373 g/mol. The van der Waals surface area contributed by atoms with E-state index >= 15 is 0 Å². The molecule has 6 heteroatoms. The highest BCUT2D eigenvalue weighted by Crippen LogP contribution is 2.37. The minimum absolute atomic E-state index is 0.103. The molecule has 2 aromatic rings. The summed E-state index contributed by atoms with van der Waals surface area (Å²) >= 11 is 6.11. The van der Waals surface area contributed by atoms with Gasteiger partial charge in [-0.1, -0.05) is 30.9 Å². The molecule has 1 saturated carbocycles. The van der Waals surface area contributed by atoms with E-state index in [4.69, 9.17) is 11.6 Å². The number of imidazole rings is 1. The zero-order valence-corrected chi connectivity index (χ0v) is 16.0. The summed E-state index contributed by atoms with van der Waals surface area (Å²) in [5, 5.41) is 9.64. The lowest BCUT2D eigenvalue weighted by Gasteiger charge is -2.47. The Bertz CT molecular complexity index is 908. The van der Waals surface area contributed by atoms with Crippen LogP contribution in [0.1, 0.15) is 63.5 Å². The fraction of sp³-hybridized carbons (Fsp3) is 0.600. The smallest absolute Gasteiger partial charge is 0.305 e. The number of rotatable bonds is 2. The summed E-state index contributed by atoms with van der Waals surface area (Å²) in [5.74, 6) is 0. The molecule has 2 heterocycles. The molecule has 138 valence electrons. The molecule has 2 fully saturated rings. The molecule has 2 aliphatic rings. The Balaban J connectivity index is 1.59. The van der Waals surface area contributed by atoms with Crippen molar-refractivity contribution in [2.75, 3.05) is 13.1 Å². The van der Waals surface area contributed by atoms with Crippen molar-refractivity contribution in [3.63, 3.8) is 0 Å². The van der Waals surface area contributed by atoms with E-state index in [1.807, 2.05) is 4.57 Å². The Morgan fingerprint density at radius 3 is 2.58 bits per heavy atom. The maximum absolute atomic E-state index is 12.6. The molecular formula is C20H25ClN4O. The third-order valence-electron chi connectivity index (χ3n) is 6.45. The third-order valence-corrected chi connectivity index (χ3v) is 6.76. The molecule has 1 aliphatic heterocycles. The number of hydrogen-bond acceptors (Lipinski definition) is 3. The van der Waals surface area contributed by atoms with Gasteiger partial charge in [0.15, 0.2) is 0 Å².